The Kier molecular flexibility index (Phi) is 5.08. The molecule has 1 N–H and O–H groups in total. The summed E-state index contributed by atoms with van der Waals surface area (Å²) in [7, 11) is -3.11. The van der Waals surface area contributed by atoms with Crippen LogP contribution in [0.3, 0.4) is 0 Å². The van der Waals surface area contributed by atoms with Gasteiger partial charge in [0.1, 0.15) is 11.5 Å². The molecule has 0 amide bonds. The maximum Gasteiger partial charge on any atom is 0.208 e. The fourth-order valence-electron chi connectivity index (χ4n) is 3.21. The molecule has 2 aromatic rings. The topological polar surface area (TPSA) is 62.6 Å². The van der Waals surface area contributed by atoms with E-state index in [4.69, 9.17) is 4.42 Å². The number of benzene rings is 1. The summed E-state index contributed by atoms with van der Waals surface area (Å²) in [6.07, 6.45) is 2.23. The number of furan rings is 1. The van der Waals surface area contributed by atoms with Gasteiger partial charge in [-0.25, -0.2) is 13.1 Å². The second-order valence-electron chi connectivity index (χ2n) is 6.58. The summed E-state index contributed by atoms with van der Waals surface area (Å²) in [6, 6.07) is 12.3. The largest absolute Gasteiger partial charge is 0.461 e. The van der Waals surface area contributed by atoms with E-state index >= 15 is 0 Å². The smallest absolute Gasteiger partial charge is 0.208 e. The van der Waals surface area contributed by atoms with Crippen molar-refractivity contribution in [2.75, 3.05) is 25.9 Å². The van der Waals surface area contributed by atoms with Crippen LogP contribution in [0.1, 0.15) is 17.7 Å². The van der Waals surface area contributed by atoms with Gasteiger partial charge in [-0.2, -0.15) is 0 Å². The van der Waals surface area contributed by atoms with Gasteiger partial charge in [-0.1, -0.05) is 24.3 Å². The summed E-state index contributed by atoms with van der Waals surface area (Å²) < 4.78 is 30.9. The Bertz CT molecular complexity index is 798. The molecule has 0 radical (unpaired) electrons. The Labute approximate surface area is 143 Å². The highest BCUT2D eigenvalue weighted by Crippen LogP contribution is 2.28. The predicted octanol–water partition coefficient (Wildman–Crippen LogP) is 2.63. The van der Waals surface area contributed by atoms with Gasteiger partial charge in [-0.3, -0.25) is 4.90 Å². The quantitative estimate of drug-likeness (QED) is 0.872. The highest BCUT2D eigenvalue weighted by molar-refractivity contribution is 7.88. The van der Waals surface area contributed by atoms with Crippen LogP contribution in [-0.2, 0) is 16.6 Å². The van der Waals surface area contributed by atoms with Crippen molar-refractivity contribution in [3.63, 3.8) is 0 Å². The predicted molar refractivity (Wildman–Crippen MR) is 95.1 cm³/mol. The molecule has 0 bridgehead atoms. The van der Waals surface area contributed by atoms with Gasteiger partial charge in [0.05, 0.1) is 6.26 Å². The Morgan fingerprint density at radius 2 is 2.04 bits per heavy atom. The van der Waals surface area contributed by atoms with Gasteiger partial charge in [0.25, 0.3) is 0 Å². The van der Waals surface area contributed by atoms with Crippen LogP contribution in [0.15, 0.2) is 40.8 Å². The van der Waals surface area contributed by atoms with Crippen LogP contribution >= 0.6 is 0 Å². The second kappa shape index (κ2) is 7.09. The molecule has 6 heteroatoms. The summed E-state index contributed by atoms with van der Waals surface area (Å²) in [5, 5.41) is 0. The van der Waals surface area contributed by atoms with Crippen molar-refractivity contribution < 1.29 is 12.8 Å². The molecule has 1 aliphatic rings. The fourth-order valence-corrected chi connectivity index (χ4v) is 3.75. The van der Waals surface area contributed by atoms with E-state index in [1.54, 1.807) is 0 Å². The molecule has 1 aliphatic heterocycles. The molecular weight excluding hydrogens is 324 g/mol. The highest BCUT2D eigenvalue weighted by atomic mass is 32.2. The first kappa shape index (κ1) is 17.2. The Morgan fingerprint density at radius 3 is 2.75 bits per heavy atom. The molecule has 1 fully saturated rings. The zero-order valence-corrected chi connectivity index (χ0v) is 15.0. The van der Waals surface area contributed by atoms with Crippen molar-refractivity contribution in [1.29, 1.82) is 0 Å². The van der Waals surface area contributed by atoms with Crippen LogP contribution in [0.2, 0.25) is 0 Å². The first-order chi connectivity index (χ1) is 11.4. The molecule has 0 aliphatic carbocycles. The van der Waals surface area contributed by atoms with Crippen LogP contribution in [0, 0.1) is 12.8 Å². The molecule has 0 spiro atoms. The molecule has 5 nitrogen and oxygen atoms in total. The van der Waals surface area contributed by atoms with E-state index in [0.29, 0.717) is 12.5 Å². The number of aryl methyl sites for hydroxylation is 1. The number of hydrogen-bond donors (Lipinski definition) is 1. The van der Waals surface area contributed by atoms with E-state index in [0.717, 1.165) is 43.1 Å². The number of rotatable bonds is 6. The number of sulfonamides is 1. The Morgan fingerprint density at radius 1 is 1.25 bits per heavy atom. The Hall–Kier alpha value is -1.63. The molecule has 0 unspecified atom stereocenters. The first-order valence-electron chi connectivity index (χ1n) is 8.22. The van der Waals surface area contributed by atoms with E-state index in [-0.39, 0.29) is 0 Å². The lowest BCUT2D eigenvalue weighted by molar-refractivity contribution is 0.317. The minimum Gasteiger partial charge on any atom is -0.461 e. The molecule has 0 saturated carbocycles. The zero-order valence-electron chi connectivity index (χ0n) is 14.2. The van der Waals surface area contributed by atoms with Crippen LogP contribution in [-0.4, -0.2) is 39.2 Å². The summed E-state index contributed by atoms with van der Waals surface area (Å²) in [5.74, 6) is 2.18. The van der Waals surface area contributed by atoms with E-state index in [2.05, 4.69) is 21.8 Å². The van der Waals surface area contributed by atoms with Crippen molar-refractivity contribution >= 4 is 10.0 Å². The molecule has 1 saturated heterocycles. The summed E-state index contributed by atoms with van der Waals surface area (Å²) >= 11 is 0. The zero-order chi connectivity index (χ0) is 17.2. The molecular formula is C18H24N2O3S. The lowest BCUT2D eigenvalue weighted by atomic mass is 10.0. The van der Waals surface area contributed by atoms with Crippen LogP contribution < -0.4 is 4.72 Å². The second-order valence-corrected chi connectivity index (χ2v) is 8.41. The third-order valence-corrected chi connectivity index (χ3v) is 5.11. The lowest BCUT2D eigenvalue weighted by Crippen LogP contribution is -2.30. The van der Waals surface area contributed by atoms with Crippen LogP contribution in [0.25, 0.3) is 11.3 Å². The summed E-state index contributed by atoms with van der Waals surface area (Å²) in [5.41, 5.74) is 2.37. The maximum atomic E-state index is 11.2. The summed E-state index contributed by atoms with van der Waals surface area (Å²) in [4.78, 5) is 2.38. The van der Waals surface area contributed by atoms with Crippen LogP contribution in [0.4, 0.5) is 0 Å². The molecule has 1 atom stereocenters. The third kappa shape index (κ3) is 4.47. The van der Waals surface area contributed by atoms with Gasteiger partial charge < -0.3 is 4.42 Å². The minimum atomic E-state index is -3.11. The number of nitrogens with one attached hydrogen (secondary N) is 1. The fraction of sp³-hybridized carbons (Fsp3) is 0.444. The van der Waals surface area contributed by atoms with Crippen LogP contribution in [0.5, 0.6) is 0 Å². The lowest BCUT2D eigenvalue weighted by Gasteiger charge is -2.18. The van der Waals surface area contributed by atoms with Crippen molar-refractivity contribution in [3.8, 4) is 11.3 Å². The minimum absolute atomic E-state index is 0.373. The van der Waals surface area contributed by atoms with Gasteiger partial charge in [0.15, 0.2) is 0 Å². The van der Waals surface area contributed by atoms with Gasteiger partial charge in [-0.15, -0.1) is 0 Å². The van der Waals surface area contributed by atoms with Gasteiger partial charge in [-0.05, 0) is 43.5 Å². The van der Waals surface area contributed by atoms with E-state index in [1.165, 1.54) is 11.8 Å². The van der Waals surface area contributed by atoms with E-state index in [9.17, 15) is 8.42 Å². The molecule has 2 heterocycles. The molecule has 3 rings (SSSR count). The molecule has 24 heavy (non-hydrogen) atoms. The molecule has 130 valence electrons. The monoisotopic (exact) mass is 348 g/mol. The maximum absolute atomic E-state index is 11.2. The molecule has 1 aromatic carbocycles. The first-order valence-corrected chi connectivity index (χ1v) is 10.1. The highest BCUT2D eigenvalue weighted by Gasteiger charge is 2.24. The average Bonchev–Trinajstić information content (AvgIpc) is 3.14. The number of likely N-dealkylation sites (tertiary alicyclic amines) is 1. The standard InChI is InChI=1S/C18H24N2O3S/c1-14-7-8-18(23-14)17-6-4-3-5-16(17)13-20-10-9-15(12-20)11-19-24(2,21)22/h3-8,15,19H,9-13H2,1-2H3/t15-/m1/s1. The SMILES string of the molecule is Cc1ccc(-c2ccccc2CN2CC[C@H](CNS(C)(=O)=O)C2)o1. The molecule has 1 aromatic heterocycles. The number of nitrogens with zero attached hydrogens (tertiary/aromatic N) is 1. The van der Waals surface area contributed by atoms with Crippen molar-refractivity contribution in [2.24, 2.45) is 5.92 Å². The summed E-state index contributed by atoms with van der Waals surface area (Å²) in [6.45, 7) is 5.22. The third-order valence-electron chi connectivity index (χ3n) is 4.42. The van der Waals surface area contributed by atoms with Crippen molar-refractivity contribution in [1.82, 2.24) is 9.62 Å². The average molecular weight is 348 g/mol. The van der Waals surface area contributed by atoms with Gasteiger partial charge >= 0.3 is 0 Å². The number of hydrogen-bond acceptors (Lipinski definition) is 4. The van der Waals surface area contributed by atoms with Gasteiger partial charge in [0.2, 0.25) is 10.0 Å². The van der Waals surface area contributed by atoms with Gasteiger partial charge in [0, 0.05) is 25.2 Å². The Balaban J connectivity index is 1.65. The van der Waals surface area contributed by atoms with E-state index in [1.807, 2.05) is 31.2 Å². The van der Waals surface area contributed by atoms with Crippen molar-refractivity contribution in [3.05, 3.63) is 47.7 Å². The normalized spacial score (nSPS) is 19.0. The van der Waals surface area contributed by atoms with E-state index < -0.39 is 10.0 Å². The van der Waals surface area contributed by atoms with Crippen molar-refractivity contribution in [2.45, 2.75) is 19.9 Å².